The van der Waals surface area contributed by atoms with Gasteiger partial charge in [-0.15, -0.1) is 0 Å². The summed E-state index contributed by atoms with van der Waals surface area (Å²) in [7, 11) is 0. The molecule has 1 spiro atoms. The summed E-state index contributed by atoms with van der Waals surface area (Å²) in [6.07, 6.45) is 6.77. The highest BCUT2D eigenvalue weighted by Crippen LogP contribution is 2.49. The first kappa shape index (κ1) is 13.9. The molecule has 4 atom stereocenters. The van der Waals surface area contributed by atoms with Gasteiger partial charge in [-0.05, 0) is 62.5 Å². The van der Waals surface area contributed by atoms with Crippen LogP contribution in [0.15, 0.2) is 0 Å². The van der Waals surface area contributed by atoms with Gasteiger partial charge in [0, 0.05) is 25.6 Å². The number of ether oxygens (including phenoxy) is 1. The van der Waals surface area contributed by atoms with Gasteiger partial charge in [-0.3, -0.25) is 0 Å². The molecule has 0 aromatic carbocycles. The SMILES string of the molecule is OC1(C2CCOC3(CCSCC3)C2)CCN2CCC1C2. The fraction of sp³-hybridized carbons (Fsp3) is 1.00. The Morgan fingerprint density at radius 2 is 1.90 bits per heavy atom. The summed E-state index contributed by atoms with van der Waals surface area (Å²) in [5.41, 5.74) is -0.284. The number of nitrogens with zero attached hydrogens (tertiary/aromatic N) is 1. The first-order chi connectivity index (χ1) is 9.70. The lowest BCUT2D eigenvalue weighted by atomic mass is 9.66. The molecule has 4 heteroatoms. The Morgan fingerprint density at radius 1 is 1.05 bits per heavy atom. The zero-order chi connectivity index (χ0) is 13.6. The highest BCUT2D eigenvalue weighted by molar-refractivity contribution is 7.99. The Balaban J connectivity index is 1.52. The van der Waals surface area contributed by atoms with Crippen LogP contribution in [0.1, 0.15) is 38.5 Å². The highest BCUT2D eigenvalue weighted by atomic mass is 32.2. The maximum absolute atomic E-state index is 11.4. The van der Waals surface area contributed by atoms with Crippen LogP contribution in [0.25, 0.3) is 0 Å². The summed E-state index contributed by atoms with van der Waals surface area (Å²) in [6, 6.07) is 0. The van der Waals surface area contributed by atoms with Crippen LogP contribution < -0.4 is 0 Å². The van der Waals surface area contributed by atoms with Crippen LogP contribution >= 0.6 is 11.8 Å². The van der Waals surface area contributed by atoms with Gasteiger partial charge in [0.1, 0.15) is 0 Å². The van der Waals surface area contributed by atoms with Gasteiger partial charge in [0.05, 0.1) is 11.2 Å². The van der Waals surface area contributed by atoms with Crippen LogP contribution in [0.2, 0.25) is 0 Å². The van der Waals surface area contributed by atoms with E-state index < -0.39 is 5.60 Å². The molecule has 1 N–H and O–H groups in total. The first-order valence-corrected chi connectivity index (χ1v) is 9.52. The minimum absolute atomic E-state index is 0.111. The highest BCUT2D eigenvalue weighted by Gasteiger charge is 2.53. The molecule has 4 rings (SSSR count). The number of hydrogen-bond donors (Lipinski definition) is 1. The van der Waals surface area contributed by atoms with Crippen LogP contribution in [0.3, 0.4) is 0 Å². The monoisotopic (exact) mass is 297 g/mol. The Bertz CT molecular complexity index is 366. The van der Waals surface area contributed by atoms with E-state index in [1.807, 2.05) is 0 Å². The third kappa shape index (κ3) is 2.23. The molecule has 0 aliphatic carbocycles. The summed E-state index contributed by atoms with van der Waals surface area (Å²) < 4.78 is 6.22. The normalized spacial score (nSPS) is 47.5. The molecule has 4 aliphatic rings. The van der Waals surface area contributed by atoms with Crippen molar-refractivity contribution in [2.24, 2.45) is 11.8 Å². The third-order valence-corrected chi connectivity index (χ3v) is 7.40. The molecule has 4 fully saturated rings. The molecule has 2 bridgehead atoms. The van der Waals surface area contributed by atoms with Crippen molar-refractivity contribution < 1.29 is 9.84 Å². The lowest BCUT2D eigenvalue weighted by molar-refractivity contribution is -0.169. The van der Waals surface area contributed by atoms with Crippen molar-refractivity contribution in [2.75, 3.05) is 37.7 Å². The molecule has 4 heterocycles. The van der Waals surface area contributed by atoms with Crippen molar-refractivity contribution >= 4 is 11.8 Å². The van der Waals surface area contributed by atoms with E-state index in [4.69, 9.17) is 4.74 Å². The summed E-state index contributed by atoms with van der Waals surface area (Å²) in [5.74, 6) is 3.48. The number of rotatable bonds is 1. The molecule has 4 saturated heterocycles. The van der Waals surface area contributed by atoms with Gasteiger partial charge in [-0.2, -0.15) is 11.8 Å². The van der Waals surface area contributed by atoms with Crippen LogP contribution in [0.5, 0.6) is 0 Å². The van der Waals surface area contributed by atoms with Crippen molar-refractivity contribution in [1.82, 2.24) is 4.90 Å². The van der Waals surface area contributed by atoms with Crippen molar-refractivity contribution in [3.05, 3.63) is 0 Å². The molecule has 0 aromatic heterocycles. The lowest BCUT2D eigenvalue weighted by Gasteiger charge is -2.51. The summed E-state index contributed by atoms with van der Waals surface area (Å²) >= 11 is 2.06. The van der Waals surface area contributed by atoms with E-state index in [1.54, 1.807) is 0 Å². The van der Waals surface area contributed by atoms with Crippen LogP contribution in [-0.4, -0.2) is 59.0 Å². The fourth-order valence-electron chi connectivity index (χ4n) is 5.07. The molecule has 4 unspecified atom stereocenters. The van der Waals surface area contributed by atoms with Gasteiger partial charge in [0.25, 0.3) is 0 Å². The van der Waals surface area contributed by atoms with Crippen molar-refractivity contribution in [3.8, 4) is 0 Å². The first-order valence-electron chi connectivity index (χ1n) is 8.37. The van der Waals surface area contributed by atoms with Gasteiger partial charge in [0.2, 0.25) is 0 Å². The molecule has 0 saturated carbocycles. The summed E-state index contributed by atoms with van der Waals surface area (Å²) in [4.78, 5) is 2.53. The Kier molecular flexibility index (Phi) is 3.57. The molecule has 114 valence electrons. The van der Waals surface area contributed by atoms with Gasteiger partial charge < -0.3 is 14.7 Å². The molecule has 0 radical (unpaired) electrons. The van der Waals surface area contributed by atoms with Gasteiger partial charge in [-0.25, -0.2) is 0 Å². The molecular weight excluding hydrogens is 270 g/mol. The molecule has 3 nitrogen and oxygen atoms in total. The molecule has 20 heavy (non-hydrogen) atoms. The van der Waals surface area contributed by atoms with E-state index >= 15 is 0 Å². The topological polar surface area (TPSA) is 32.7 Å². The Labute approximate surface area is 126 Å². The number of thioether (sulfide) groups is 1. The minimum atomic E-state index is -0.394. The van der Waals surface area contributed by atoms with Crippen molar-refractivity contribution in [3.63, 3.8) is 0 Å². The molecule has 0 amide bonds. The number of piperidine rings is 1. The van der Waals surface area contributed by atoms with E-state index in [0.717, 1.165) is 39.0 Å². The number of hydrogen-bond acceptors (Lipinski definition) is 4. The standard InChI is InChI=1S/C16H27NO2S/c18-16(3-7-17-6-1-14(16)12-17)13-2-8-19-15(11-13)4-9-20-10-5-15/h13-14,18H,1-12H2. The second-order valence-corrected chi connectivity index (χ2v) is 8.59. The predicted molar refractivity (Wildman–Crippen MR) is 82.1 cm³/mol. The predicted octanol–water partition coefficient (Wildman–Crippen LogP) is 2.14. The van der Waals surface area contributed by atoms with Crippen LogP contribution in [0, 0.1) is 11.8 Å². The fourth-order valence-corrected chi connectivity index (χ4v) is 6.31. The maximum atomic E-state index is 11.4. The quantitative estimate of drug-likeness (QED) is 0.804. The van der Waals surface area contributed by atoms with Gasteiger partial charge >= 0.3 is 0 Å². The Morgan fingerprint density at radius 3 is 2.75 bits per heavy atom. The molecular formula is C16H27NO2S. The van der Waals surface area contributed by atoms with Gasteiger partial charge in [-0.1, -0.05) is 0 Å². The van der Waals surface area contributed by atoms with E-state index in [0.29, 0.717) is 11.8 Å². The largest absolute Gasteiger partial charge is 0.389 e. The lowest BCUT2D eigenvalue weighted by Crippen LogP contribution is -2.56. The Hall–Kier alpha value is 0.230. The van der Waals surface area contributed by atoms with Crippen molar-refractivity contribution in [1.29, 1.82) is 0 Å². The number of fused-ring (bicyclic) bond motifs is 2. The average molecular weight is 297 g/mol. The van der Waals surface area contributed by atoms with E-state index in [1.165, 1.54) is 37.3 Å². The van der Waals surface area contributed by atoms with Crippen molar-refractivity contribution in [2.45, 2.75) is 49.7 Å². The van der Waals surface area contributed by atoms with E-state index in [2.05, 4.69) is 16.7 Å². The maximum Gasteiger partial charge on any atom is 0.0730 e. The van der Waals surface area contributed by atoms with E-state index in [-0.39, 0.29) is 5.60 Å². The third-order valence-electron chi connectivity index (χ3n) is 6.41. The molecule has 4 aliphatic heterocycles. The number of aliphatic hydroxyl groups is 1. The smallest absolute Gasteiger partial charge is 0.0730 e. The van der Waals surface area contributed by atoms with Crippen LogP contribution in [-0.2, 0) is 4.74 Å². The summed E-state index contributed by atoms with van der Waals surface area (Å²) in [6.45, 7) is 4.32. The second-order valence-electron chi connectivity index (χ2n) is 7.36. The van der Waals surface area contributed by atoms with Gasteiger partial charge in [0.15, 0.2) is 0 Å². The average Bonchev–Trinajstić information content (AvgIpc) is 2.89. The van der Waals surface area contributed by atoms with Crippen LogP contribution in [0.4, 0.5) is 0 Å². The second kappa shape index (κ2) is 5.15. The zero-order valence-electron chi connectivity index (χ0n) is 12.4. The van der Waals surface area contributed by atoms with E-state index in [9.17, 15) is 5.11 Å². The molecule has 0 aromatic rings. The summed E-state index contributed by atoms with van der Waals surface area (Å²) in [5, 5.41) is 11.4. The minimum Gasteiger partial charge on any atom is -0.389 e. The zero-order valence-corrected chi connectivity index (χ0v) is 13.2.